The summed E-state index contributed by atoms with van der Waals surface area (Å²) in [5, 5.41) is 24.6. The zero-order valence-corrected chi connectivity index (χ0v) is 30.5. The smallest absolute Gasteiger partial charge is 0.348 e. The van der Waals surface area contributed by atoms with Gasteiger partial charge < -0.3 is 34.1 Å². The van der Waals surface area contributed by atoms with Gasteiger partial charge in [-0.2, -0.15) is 0 Å². The van der Waals surface area contributed by atoms with Crippen molar-refractivity contribution in [3.63, 3.8) is 0 Å². The molecule has 8 atom stereocenters. The number of alkyl halides is 1. The zero-order valence-electron chi connectivity index (χ0n) is 30.5. The van der Waals surface area contributed by atoms with Gasteiger partial charge in [0, 0.05) is 51.4 Å². The van der Waals surface area contributed by atoms with E-state index in [4.69, 9.17) is 18.9 Å². The molecule has 270 valence electrons. The topological polar surface area (TPSA) is 132 Å². The molecule has 0 aromatic heterocycles. The fourth-order valence-electron chi connectivity index (χ4n) is 7.56. The summed E-state index contributed by atoms with van der Waals surface area (Å²) < 4.78 is 37.9. The molecular weight excluding hydrogens is 621 g/mol. The minimum atomic E-state index is -1.95. The zero-order chi connectivity index (χ0) is 36.4. The summed E-state index contributed by atoms with van der Waals surface area (Å²) in [5.41, 5.74) is -3.63. The lowest BCUT2D eigenvalue weighted by Gasteiger charge is -2.59. The second-order valence-electron chi connectivity index (χ2n) is 15.0. The number of nitrogens with zero attached hydrogens (tertiary/aromatic N) is 1. The van der Waals surface area contributed by atoms with Crippen molar-refractivity contribution >= 4 is 17.7 Å². The normalized spacial score (nSPS) is 29.5. The molecule has 6 unspecified atom stereocenters. The van der Waals surface area contributed by atoms with Gasteiger partial charge in [0.25, 0.3) is 0 Å². The van der Waals surface area contributed by atoms with Crippen molar-refractivity contribution in [3.05, 3.63) is 47.0 Å². The molecule has 1 aromatic carbocycles. The number of rotatable bonds is 13. The quantitative estimate of drug-likeness (QED) is 0.231. The summed E-state index contributed by atoms with van der Waals surface area (Å²) in [5.74, 6) is -3.24. The van der Waals surface area contributed by atoms with E-state index in [0.717, 1.165) is 0 Å². The van der Waals surface area contributed by atoms with Crippen LogP contribution in [-0.4, -0.2) is 109 Å². The number of carbonyl (C=O) groups excluding carboxylic acids is 3. The summed E-state index contributed by atoms with van der Waals surface area (Å²) in [7, 11) is 6.54. The third-order valence-corrected chi connectivity index (χ3v) is 11.3. The van der Waals surface area contributed by atoms with E-state index in [1.807, 2.05) is 13.8 Å². The van der Waals surface area contributed by atoms with Gasteiger partial charge in [0.05, 0.1) is 22.7 Å². The third kappa shape index (κ3) is 7.70. The van der Waals surface area contributed by atoms with E-state index in [0.29, 0.717) is 17.7 Å². The number of halogens is 1. The lowest BCUT2D eigenvalue weighted by atomic mass is 9.49. The van der Waals surface area contributed by atoms with Crippen molar-refractivity contribution in [3.8, 4) is 0 Å². The van der Waals surface area contributed by atoms with Crippen molar-refractivity contribution < 1.29 is 47.9 Å². The standard InChI is InChI=1S/C37H56FNO9/c1-22-27(48-33(43)26(19-24-15-13-12-14-16-24)47-32(42)25(38)17-18-39(8)9)20-37(44)21-28(35(5,6)46-11)36(7,23(2)45-10)31(41)30(40)29(22)34(37,3)4/h12-16,23,25-28,30,40,44H,17-21H2,1-11H3/t23?,25?,26-,27+,28?,30?,36?,37?/m1/s1. The number of ether oxygens (including phenoxy) is 4. The summed E-state index contributed by atoms with van der Waals surface area (Å²) >= 11 is 0. The van der Waals surface area contributed by atoms with Crippen LogP contribution in [0.15, 0.2) is 41.5 Å². The summed E-state index contributed by atoms with van der Waals surface area (Å²) in [6, 6.07) is 8.84. The van der Waals surface area contributed by atoms with Gasteiger partial charge in [0.1, 0.15) is 12.2 Å². The fourth-order valence-corrected chi connectivity index (χ4v) is 7.56. The van der Waals surface area contributed by atoms with Crippen LogP contribution in [0.5, 0.6) is 0 Å². The number of esters is 2. The molecule has 2 bridgehead atoms. The number of ketones is 1. The third-order valence-electron chi connectivity index (χ3n) is 11.3. The first-order valence-electron chi connectivity index (χ1n) is 16.7. The van der Waals surface area contributed by atoms with Crippen LogP contribution in [0.3, 0.4) is 0 Å². The maximum atomic E-state index is 14.8. The Kier molecular flexibility index (Phi) is 12.5. The van der Waals surface area contributed by atoms with Crippen LogP contribution in [0.2, 0.25) is 0 Å². The monoisotopic (exact) mass is 677 g/mol. The number of benzene rings is 1. The Balaban J connectivity index is 2.08. The molecule has 1 aromatic rings. The molecule has 0 heterocycles. The van der Waals surface area contributed by atoms with Crippen LogP contribution in [0.25, 0.3) is 0 Å². The molecule has 1 saturated carbocycles. The van der Waals surface area contributed by atoms with Crippen LogP contribution >= 0.6 is 0 Å². The van der Waals surface area contributed by atoms with Gasteiger partial charge in [-0.05, 0) is 71.8 Å². The molecule has 0 spiro atoms. The number of aliphatic hydroxyl groups excluding tert-OH is 1. The maximum Gasteiger partial charge on any atom is 0.348 e. The number of aliphatic hydroxyl groups is 2. The molecule has 1 fully saturated rings. The van der Waals surface area contributed by atoms with Gasteiger partial charge in [0.2, 0.25) is 6.10 Å². The average molecular weight is 678 g/mol. The summed E-state index contributed by atoms with van der Waals surface area (Å²) in [6.07, 6.45) is -7.03. The van der Waals surface area contributed by atoms with E-state index >= 15 is 0 Å². The Morgan fingerprint density at radius 1 is 1.08 bits per heavy atom. The van der Waals surface area contributed by atoms with Crippen molar-refractivity contribution in [1.29, 1.82) is 0 Å². The van der Waals surface area contributed by atoms with Gasteiger partial charge in [0.15, 0.2) is 12.0 Å². The highest BCUT2D eigenvalue weighted by Crippen LogP contribution is 2.59. The SMILES string of the molecule is COC(C)C1(C)C(=O)C(O)C2=C(C)[C@@H](OC(=O)[C@@H](Cc3ccccc3)OC(=O)C(F)CCN(C)C)CC(O)(CC1C(C)(C)OC)C2(C)C. The first-order valence-corrected chi connectivity index (χ1v) is 16.7. The van der Waals surface area contributed by atoms with E-state index in [1.165, 1.54) is 14.2 Å². The number of Topliss-reactive ketones (excluding diaryl/α,β-unsaturated/α-hetero) is 1. The largest absolute Gasteiger partial charge is 0.455 e. The number of methoxy groups -OCH3 is 2. The molecule has 10 nitrogen and oxygen atoms in total. The van der Waals surface area contributed by atoms with E-state index < -0.39 is 76.3 Å². The highest BCUT2D eigenvalue weighted by atomic mass is 19.1. The Morgan fingerprint density at radius 2 is 1.69 bits per heavy atom. The molecular formula is C37H56FNO9. The number of hydrogen-bond donors (Lipinski definition) is 2. The van der Waals surface area contributed by atoms with Crippen molar-refractivity contribution in [2.24, 2.45) is 16.7 Å². The van der Waals surface area contributed by atoms with E-state index in [-0.39, 0.29) is 31.3 Å². The predicted octanol–water partition coefficient (Wildman–Crippen LogP) is 4.24. The van der Waals surface area contributed by atoms with Crippen LogP contribution < -0.4 is 0 Å². The number of fused-ring (bicyclic) bond motifs is 2. The lowest BCUT2D eigenvalue weighted by molar-refractivity contribution is -0.198. The van der Waals surface area contributed by atoms with E-state index in [1.54, 1.807) is 83.9 Å². The Bertz CT molecular complexity index is 1350. The van der Waals surface area contributed by atoms with Crippen LogP contribution in [-0.2, 0) is 39.8 Å². The Labute approximate surface area is 284 Å². The molecule has 0 aliphatic heterocycles. The molecule has 11 heteroatoms. The summed E-state index contributed by atoms with van der Waals surface area (Å²) in [4.78, 5) is 42.9. The molecule has 3 rings (SSSR count). The van der Waals surface area contributed by atoms with Crippen LogP contribution in [0, 0.1) is 16.7 Å². The average Bonchev–Trinajstić information content (AvgIpc) is 3.03. The van der Waals surface area contributed by atoms with Crippen molar-refractivity contribution in [2.45, 2.75) is 116 Å². The maximum absolute atomic E-state index is 14.8. The van der Waals surface area contributed by atoms with E-state index in [9.17, 15) is 29.0 Å². The summed E-state index contributed by atoms with van der Waals surface area (Å²) in [6.45, 7) is 12.7. The molecule has 48 heavy (non-hydrogen) atoms. The molecule has 2 aliphatic rings. The van der Waals surface area contributed by atoms with Crippen LogP contribution in [0.1, 0.15) is 73.3 Å². The van der Waals surface area contributed by atoms with Gasteiger partial charge in [-0.1, -0.05) is 44.2 Å². The first kappa shape index (κ1) is 39.7. The van der Waals surface area contributed by atoms with E-state index in [2.05, 4.69) is 0 Å². The van der Waals surface area contributed by atoms with Crippen LogP contribution in [0.4, 0.5) is 4.39 Å². The van der Waals surface area contributed by atoms with Gasteiger partial charge in [-0.25, -0.2) is 14.0 Å². The second kappa shape index (κ2) is 15.0. The van der Waals surface area contributed by atoms with Crippen molar-refractivity contribution in [2.75, 3.05) is 34.9 Å². The predicted molar refractivity (Wildman–Crippen MR) is 179 cm³/mol. The molecule has 2 aliphatic carbocycles. The van der Waals surface area contributed by atoms with Gasteiger partial charge in [-0.3, -0.25) is 4.79 Å². The number of carbonyl (C=O) groups is 3. The number of hydrogen-bond acceptors (Lipinski definition) is 10. The van der Waals surface area contributed by atoms with Gasteiger partial charge >= 0.3 is 11.9 Å². The minimum Gasteiger partial charge on any atom is -0.455 e. The molecule has 0 saturated heterocycles. The fraction of sp³-hybridized carbons (Fsp3) is 0.703. The molecule has 0 radical (unpaired) electrons. The highest BCUT2D eigenvalue weighted by molar-refractivity contribution is 5.93. The second-order valence-corrected chi connectivity index (χ2v) is 15.0. The molecule has 2 N–H and O–H groups in total. The highest BCUT2D eigenvalue weighted by Gasteiger charge is 2.64. The minimum absolute atomic E-state index is 0.0478. The first-order chi connectivity index (χ1) is 22.2. The molecule has 0 amide bonds. The van der Waals surface area contributed by atoms with Crippen molar-refractivity contribution in [1.82, 2.24) is 4.90 Å². The lowest BCUT2D eigenvalue weighted by Crippen LogP contribution is -2.66. The Hall–Kier alpha value is -2.70. The van der Waals surface area contributed by atoms with Gasteiger partial charge in [-0.15, -0.1) is 0 Å². The Morgan fingerprint density at radius 3 is 2.23 bits per heavy atom.